The summed E-state index contributed by atoms with van der Waals surface area (Å²) in [7, 11) is 1.39. The first-order valence-electron chi connectivity index (χ1n) is 8.82. The van der Waals surface area contributed by atoms with Crippen LogP contribution >= 0.6 is 0 Å². The third kappa shape index (κ3) is 3.77. The molecule has 2 aromatic rings. The molecule has 0 radical (unpaired) electrons. The molecule has 1 atom stereocenters. The van der Waals surface area contributed by atoms with Crippen LogP contribution in [0.3, 0.4) is 0 Å². The normalized spacial score (nSPS) is 15.9. The molecule has 7 heteroatoms. The maximum absolute atomic E-state index is 11.8. The number of methoxy groups -OCH3 is 1. The fourth-order valence-corrected chi connectivity index (χ4v) is 3.17. The van der Waals surface area contributed by atoms with Crippen LogP contribution in [0.4, 0.5) is 5.82 Å². The van der Waals surface area contributed by atoms with E-state index in [4.69, 9.17) is 4.74 Å². The Morgan fingerprint density at radius 3 is 3.00 bits per heavy atom. The molecule has 0 fully saturated rings. The van der Waals surface area contributed by atoms with Gasteiger partial charge in [0.1, 0.15) is 17.6 Å². The third-order valence-corrected chi connectivity index (χ3v) is 4.52. The Labute approximate surface area is 152 Å². The number of carbonyl (C=O) groups excluding carboxylic acids is 1. The molecule has 1 aliphatic heterocycles. The Balaban J connectivity index is 1.83. The van der Waals surface area contributed by atoms with Crippen molar-refractivity contribution in [3.8, 4) is 0 Å². The summed E-state index contributed by atoms with van der Waals surface area (Å²) in [4.78, 5) is 20.3. The lowest BCUT2D eigenvalue weighted by molar-refractivity contribution is 0.0600. The first kappa shape index (κ1) is 18.1. The van der Waals surface area contributed by atoms with Gasteiger partial charge < -0.3 is 19.7 Å². The topological polar surface area (TPSA) is 88.7 Å². The number of aliphatic hydroxyl groups excluding tert-OH is 1. The highest BCUT2D eigenvalue weighted by Crippen LogP contribution is 2.24. The zero-order valence-electron chi connectivity index (χ0n) is 15.1. The summed E-state index contributed by atoms with van der Waals surface area (Å²) in [5.74, 6) is 0.437. The van der Waals surface area contributed by atoms with E-state index in [2.05, 4.69) is 22.2 Å². The van der Waals surface area contributed by atoms with Crippen LogP contribution in [0.25, 0.3) is 0 Å². The average molecular weight is 356 g/mol. The molecule has 1 aromatic carbocycles. The highest BCUT2D eigenvalue weighted by atomic mass is 16.5. The first-order chi connectivity index (χ1) is 12.6. The predicted octanol–water partition coefficient (Wildman–Crippen LogP) is 2.35. The second kappa shape index (κ2) is 8.14. The quantitative estimate of drug-likeness (QED) is 0.776. The standard InChI is InChI=1S/C19H24N4O3/c1-3-4-13-5-6-15(19(25)26-2)9-14(13)7-8-23-12-22-17-16(24)10-20-11-21-18(17)23/h5-6,9,11-12,16,24H,3-4,7-8,10H2,1-2H3,(H,20,21). The molecule has 0 saturated carbocycles. The molecule has 26 heavy (non-hydrogen) atoms. The van der Waals surface area contributed by atoms with E-state index in [0.717, 1.165) is 30.6 Å². The summed E-state index contributed by atoms with van der Waals surface area (Å²) in [5.41, 5.74) is 3.54. The van der Waals surface area contributed by atoms with Gasteiger partial charge in [0, 0.05) is 6.54 Å². The summed E-state index contributed by atoms with van der Waals surface area (Å²) >= 11 is 0. The van der Waals surface area contributed by atoms with Crippen molar-refractivity contribution in [3.63, 3.8) is 0 Å². The monoisotopic (exact) mass is 356 g/mol. The summed E-state index contributed by atoms with van der Waals surface area (Å²) in [6.07, 6.45) is 5.36. The Hall–Kier alpha value is -2.67. The lowest BCUT2D eigenvalue weighted by atomic mass is 9.98. The van der Waals surface area contributed by atoms with Gasteiger partial charge in [-0.25, -0.2) is 9.78 Å². The van der Waals surface area contributed by atoms with Crippen molar-refractivity contribution >= 4 is 18.1 Å². The van der Waals surface area contributed by atoms with Crippen LogP contribution in [-0.4, -0.2) is 40.6 Å². The lowest BCUT2D eigenvalue weighted by Gasteiger charge is -2.13. The molecule has 7 nitrogen and oxygen atoms in total. The minimum absolute atomic E-state index is 0.304. The number of carbonyl (C=O) groups is 1. The van der Waals surface area contributed by atoms with Gasteiger partial charge in [-0.15, -0.1) is 0 Å². The van der Waals surface area contributed by atoms with Crippen LogP contribution < -0.4 is 5.32 Å². The Morgan fingerprint density at radius 1 is 1.38 bits per heavy atom. The Bertz CT molecular complexity index is 813. The molecule has 3 rings (SSSR count). The number of aromatic nitrogens is 2. The van der Waals surface area contributed by atoms with Crippen LogP contribution in [0.5, 0.6) is 0 Å². The van der Waals surface area contributed by atoms with E-state index in [9.17, 15) is 9.90 Å². The number of nitrogens with zero attached hydrogens (tertiary/aromatic N) is 3. The summed E-state index contributed by atoms with van der Waals surface area (Å²) in [6, 6.07) is 5.74. The highest BCUT2D eigenvalue weighted by molar-refractivity contribution is 5.89. The number of rotatable bonds is 6. The van der Waals surface area contributed by atoms with Crippen molar-refractivity contribution in [1.29, 1.82) is 0 Å². The summed E-state index contributed by atoms with van der Waals surface area (Å²) < 4.78 is 6.80. The van der Waals surface area contributed by atoms with E-state index >= 15 is 0 Å². The molecule has 2 heterocycles. The number of ether oxygens (including phenoxy) is 1. The van der Waals surface area contributed by atoms with E-state index in [-0.39, 0.29) is 5.97 Å². The van der Waals surface area contributed by atoms with Crippen LogP contribution in [-0.2, 0) is 24.1 Å². The Morgan fingerprint density at radius 2 is 2.23 bits per heavy atom. The molecule has 0 saturated heterocycles. The van der Waals surface area contributed by atoms with Crippen molar-refractivity contribution in [2.24, 2.45) is 4.99 Å². The SMILES string of the molecule is CCCc1ccc(C(=O)OC)cc1CCn1cnc2c1NC=NCC2O. The minimum Gasteiger partial charge on any atom is -0.465 e. The van der Waals surface area contributed by atoms with E-state index in [1.165, 1.54) is 12.7 Å². The molecule has 0 amide bonds. The number of nitrogens with one attached hydrogen (secondary N) is 1. The maximum atomic E-state index is 11.8. The number of imidazole rings is 1. The number of fused-ring (bicyclic) bond motifs is 1. The smallest absolute Gasteiger partial charge is 0.337 e. The molecule has 0 spiro atoms. The highest BCUT2D eigenvalue weighted by Gasteiger charge is 2.20. The van der Waals surface area contributed by atoms with Gasteiger partial charge in [0.05, 0.1) is 31.9 Å². The fraction of sp³-hybridized carbons (Fsp3) is 0.421. The second-order valence-corrected chi connectivity index (χ2v) is 6.30. The third-order valence-electron chi connectivity index (χ3n) is 4.52. The number of aryl methyl sites for hydroxylation is 3. The van der Waals surface area contributed by atoms with E-state index < -0.39 is 6.10 Å². The van der Waals surface area contributed by atoms with Gasteiger partial charge >= 0.3 is 5.97 Å². The Kier molecular flexibility index (Phi) is 5.68. The number of benzene rings is 1. The maximum Gasteiger partial charge on any atom is 0.337 e. The molecular formula is C19H24N4O3. The predicted molar refractivity (Wildman–Crippen MR) is 99.6 cm³/mol. The van der Waals surface area contributed by atoms with Crippen molar-refractivity contribution in [1.82, 2.24) is 9.55 Å². The molecule has 0 bridgehead atoms. The van der Waals surface area contributed by atoms with Crippen molar-refractivity contribution in [2.45, 2.75) is 38.8 Å². The second-order valence-electron chi connectivity index (χ2n) is 6.30. The average Bonchev–Trinajstić information content (AvgIpc) is 2.97. The van der Waals surface area contributed by atoms with Gasteiger partial charge in [-0.1, -0.05) is 19.4 Å². The van der Waals surface area contributed by atoms with Crippen molar-refractivity contribution in [2.75, 3.05) is 19.0 Å². The number of aliphatic hydroxyl groups is 1. The van der Waals surface area contributed by atoms with E-state index in [1.54, 1.807) is 12.7 Å². The lowest BCUT2D eigenvalue weighted by Crippen LogP contribution is -2.10. The molecule has 1 aromatic heterocycles. The van der Waals surface area contributed by atoms with Crippen LogP contribution in [0, 0.1) is 0 Å². The van der Waals surface area contributed by atoms with E-state index in [0.29, 0.717) is 24.3 Å². The molecule has 138 valence electrons. The molecule has 1 aliphatic rings. The van der Waals surface area contributed by atoms with Gasteiger partial charge in [0.2, 0.25) is 0 Å². The number of hydrogen-bond acceptors (Lipinski definition) is 6. The van der Waals surface area contributed by atoms with Crippen LogP contribution in [0.1, 0.15) is 46.6 Å². The molecule has 2 N–H and O–H groups in total. The van der Waals surface area contributed by atoms with Crippen LogP contribution in [0.2, 0.25) is 0 Å². The zero-order chi connectivity index (χ0) is 18.5. The van der Waals surface area contributed by atoms with Crippen molar-refractivity contribution < 1.29 is 14.6 Å². The summed E-state index contributed by atoms with van der Waals surface area (Å²) in [6.45, 7) is 3.12. The zero-order valence-corrected chi connectivity index (χ0v) is 15.1. The number of anilines is 1. The molecular weight excluding hydrogens is 332 g/mol. The van der Waals surface area contributed by atoms with Gasteiger partial charge in [-0.05, 0) is 36.1 Å². The van der Waals surface area contributed by atoms with Gasteiger partial charge in [-0.2, -0.15) is 0 Å². The first-order valence-corrected chi connectivity index (χ1v) is 8.82. The molecule has 1 unspecified atom stereocenters. The number of hydrogen-bond donors (Lipinski definition) is 2. The van der Waals surface area contributed by atoms with Gasteiger partial charge in [-0.3, -0.25) is 4.99 Å². The van der Waals surface area contributed by atoms with Gasteiger partial charge in [0.25, 0.3) is 0 Å². The minimum atomic E-state index is -0.698. The molecule has 0 aliphatic carbocycles. The van der Waals surface area contributed by atoms with Crippen molar-refractivity contribution in [3.05, 3.63) is 46.9 Å². The number of aliphatic imine (C=N–C) groups is 1. The summed E-state index contributed by atoms with van der Waals surface area (Å²) in [5, 5.41) is 13.2. The number of esters is 1. The fourth-order valence-electron chi connectivity index (χ4n) is 3.17. The van der Waals surface area contributed by atoms with E-state index in [1.807, 2.05) is 22.8 Å². The van der Waals surface area contributed by atoms with Gasteiger partial charge in [0.15, 0.2) is 0 Å². The van der Waals surface area contributed by atoms with Crippen LogP contribution in [0.15, 0.2) is 29.5 Å². The largest absolute Gasteiger partial charge is 0.465 e.